The number of benzene rings is 1. The molecule has 0 aliphatic carbocycles. The Balaban J connectivity index is 2.46. The molecule has 0 saturated heterocycles. The van der Waals surface area contributed by atoms with Gasteiger partial charge >= 0.3 is 5.82 Å². The summed E-state index contributed by atoms with van der Waals surface area (Å²) in [6.45, 7) is 1.95. The highest BCUT2D eigenvalue weighted by Crippen LogP contribution is 2.15. The molecule has 0 amide bonds. The van der Waals surface area contributed by atoms with Gasteiger partial charge in [0, 0.05) is 0 Å². The van der Waals surface area contributed by atoms with Crippen molar-refractivity contribution < 1.29 is 4.92 Å². The SMILES string of the molecule is Cc1ccccc1-n1cnc([N+](=O)[O-])c1. The molecule has 1 aromatic heterocycles. The van der Waals surface area contributed by atoms with E-state index in [0.717, 1.165) is 11.3 Å². The zero-order valence-corrected chi connectivity index (χ0v) is 8.12. The van der Waals surface area contributed by atoms with Crippen molar-refractivity contribution in [3.63, 3.8) is 0 Å². The van der Waals surface area contributed by atoms with Crippen LogP contribution in [-0.2, 0) is 0 Å². The van der Waals surface area contributed by atoms with E-state index in [0.29, 0.717) is 0 Å². The zero-order valence-electron chi connectivity index (χ0n) is 8.12. The van der Waals surface area contributed by atoms with Crippen LogP contribution in [0.25, 0.3) is 5.69 Å². The lowest BCUT2D eigenvalue weighted by molar-refractivity contribution is -0.389. The Kier molecular flexibility index (Phi) is 2.21. The number of aromatic nitrogens is 2. The summed E-state index contributed by atoms with van der Waals surface area (Å²) in [4.78, 5) is 13.7. The maximum atomic E-state index is 10.5. The molecule has 5 heteroatoms. The van der Waals surface area contributed by atoms with Gasteiger partial charge in [-0.3, -0.25) is 4.57 Å². The van der Waals surface area contributed by atoms with Crippen molar-refractivity contribution in [2.45, 2.75) is 6.92 Å². The molecule has 0 aliphatic heterocycles. The topological polar surface area (TPSA) is 61.0 Å². The van der Waals surface area contributed by atoms with Crippen LogP contribution in [0.15, 0.2) is 36.8 Å². The second-order valence-electron chi connectivity index (χ2n) is 3.18. The zero-order chi connectivity index (χ0) is 10.8. The Morgan fingerprint density at radius 2 is 2.13 bits per heavy atom. The molecule has 0 spiro atoms. The van der Waals surface area contributed by atoms with Crippen LogP contribution < -0.4 is 0 Å². The number of nitrogens with zero attached hydrogens (tertiary/aromatic N) is 3. The van der Waals surface area contributed by atoms with Gasteiger partial charge in [-0.2, -0.15) is 0 Å². The highest BCUT2D eigenvalue weighted by molar-refractivity contribution is 5.41. The fourth-order valence-corrected chi connectivity index (χ4v) is 1.39. The van der Waals surface area contributed by atoms with E-state index in [2.05, 4.69) is 4.98 Å². The smallest absolute Gasteiger partial charge is 0.358 e. The molecule has 2 rings (SSSR count). The van der Waals surface area contributed by atoms with Crippen LogP contribution in [0, 0.1) is 17.0 Å². The lowest BCUT2D eigenvalue weighted by Gasteiger charge is -2.03. The number of para-hydroxylation sites is 1. The van der Waals surface area contributed by atoms with Crippen LogP contribution in [0.1, 0.15) is 5.56 Å². The van der Waals surface area contributed by atoms with E-state index in [-0.39, 0.29) is 5.82 Å². The standard InChI is InChI=1S/C10H9N3O2/c1-8-4-2-3-5-9(8)12-6-10(11-7-12)13(14)15/h2-7H,1H3. The highest BCUT2D eigenvalue weighted by Gasteiger charge is 2.11. The van der Waals surface area contributed by atoms with Crippen molar-refractivity contribution in [3.8, 4) is 5.69 Å². The van der Waals surface area contributed by atoms with Crippen molar-refractivity contribution in [1.29, 1.82) is 0 Å². The minimum atomic E-state index is -0.505. The first-order valence-electron chi connectivity index (χ1n) is 4.43. The molecule has 0 atom stereocenters. The summed E-state index contributed by atoms with van der Waals surface area (Å²) in [5, 5.41) is 10.5. The van der Waals surface area contributed by atoms with Crippen LogP contribution in [0.4, 0.5) is 5.82 Å². The lowest BCUT2D eigenvalue weighted by atomic mass is 10.2. The maximum absolute atomic E-state index is 10.5. The average Bonchev–Trinajstić information content (AvgIpc) is 2.67. The van der Waals surface area contributed by atoms with Gasteiger partial charge in [0.1, 0.15) is 6.20 Å². The monoisotopic (exact) mass is 203 g/mol. The van der Waals surface area contributed by atoms with Crippen molar-refractivity contribution in [2.24, 2.45) is 0 Å². The molecule has 15 heavy (non-hydrogen) atoms. The minimum Gasteiger partial charge on any atom is -0.358 e. The van der Waals surface area contributed by atoms with Crippen LogP contribution in [0.3, 0.4) is 0 Å². The van der Waals surface area contributed by atoms with Crippen LogP contribution >= 0.6 is 0 Å². The fraction of sp³-hybridized carbons (Fsp3) is 0.100. The Hall–Kier alpha value is -2.17. The van der Waals surface area contributed by atoms with Gasteiger partial charge in [0.05, 0.1) is 5.69 Å². The van der Waals surface area contributed by atoms with Crippen molar-refractivity contribution in [3.05, 3.63) is 52.5 Å². The molecule has 0 aliphatic rings. The quantitative estimate of drug-likeness (QED) is 0.554. The normalized spacial score (nSPS) is 10.2. The van der Waals surface area contributed by atoms with Gasteiger partial charge in [0.25, 0.3) is 0 Å². The second kappa shape index (κ2) is 3.53. The number of imidazole rings is 1. The summed E-state index contributed by atoms with van der Waals surface area (Å²) in [5.41, 5.74) is 1.95. The molecule has 0 unspecified atom stereocenters. The van der Waals surface area contributed by atoms with Crippen molar-refractivity contribution in [1.82, 2.24) is 9.55 Å². The van der Waals surface area contributed by atoms with Gasteiger partial charge in [-0.25, -0.2) is 0 Å². The average molecular weight is 203 g/mol. The third-order valence-corrected chi connectivity index (χ3v) is 2.15. The summed E-state index contributed by atoms with van der Waals surface area (Å²) in [5.74, 6) is -0.141. The van der Waals surface area contributed by atoms with E-state index >= 15 is 0 Å². The van der Waals surface area contributed by atoms with Gasteiger partial charge in [-0.1, -0.05) is 18.2 Å². The predicted octanol–water partition coefficient (Wildman–Crippen LogP) is 2.09. The first-order valence-corrected chi connectivity index (χ1v) is 4.43. The molecule has 76 valence electrons. The van der Waals surface area contributed by atoms with E-state index < -0.39 is 4.92 Å². The molecular weight excluding hydrogens is 194 g/mol. The predicted molar refractivity (Wildman–Crippen MR) is 55.0 cm³/mol. The van der Waals surface area contributed by atoms with E-state index in [1.165, 1.54) is 12.5 Å². The Morgan fingerprint density at radius 3 is 2.73 bits per heavy atom. The van der Waals surface area contributed by atoms with Crippen LogP contribution in [0.5, 0.6) is 0 Å². The summed E-state index contributed by atoms with van der Waals surface area (Å²) >= 11 is 0. The van der Waals surface area contributed by atoms with Gasteiger partial charge in [-0.05, 0) is 28.5 Å². The number of rotatable bonds is 2. The molecule has 5 nitrogen and oxygen atoms in total. The third kappa shape index (κ3) is 1.71. The Labute approximate surface area is 86.1 Å². The van der Waals surface area contributed by atoms with E-state index in [4.69, 9.17) is 0 Å². The highest BCUT2D eigenvalue weighted by atomic mass is 16.6. The maximum Gasteiger partial charge on any atom is 0.381 e. The van der Waals surface area contributed by atoms with Gasteiger partial charge in [0.2, 0.25) is 6.33 Å². The number of hydrogen-bond donors (Lipinski definition) is 0. The van der Waals surface area contributed by atoms with Crippen molar-refractivity contribution in [2.75, 3.05) is 0 Å². The molecule has 0 bridgehead atoms. The number of hydrogen-bond acceptors (Lipinski definition) is 3. The Morgan fingerprint density at radius 1 is 1.40 bits per heavy atom. The summed E-state index contributed by atoms with van der Waals surface area (Å²) in [7, 11) is 0. The second-order valence-corrected chi connectivity index (χ2v) is 3.18. The number of nitro groups is 1. The largest absolute Gasteiger partial charge is 0.381 e. The molecule has 2 aromatic rings. The van der Waals surface area contributed by atoms with Gasteiger partial charge in [-0.15, -0.1) is 0 Å². The fourth-order valence-electron chi connectivity index (χ4n) is 1.39. The van der Waals surface area contributed by atoms with Crippen LogP contribution in [-0.4, -0.2) is 14.5 Å². The van der Waals surface area contributed by atoms with Gasteiger partial charge in [0.15, 0.2) is 0 Å². The molecular formula is C10H9N3O2. The minimum absolute atomic E-state index is 0.141. The number of aryl methyl sites for hydroxylation is 1. The summed E-state index contributed by atoms with van der Waals surface area (Å²) in [6, 6.07) is 7.64. The molecule has 0 N–H and O–H groups in total. The van der Waals surface area contributed by atoms with Crippen LogP contribution in [0.2, 0.25) is 0 Å². The van der Waals surface area contributed by atoms with E-state index in [1.807, 2.05) is 31.2 Å². The first kappa shape index (κ1) is 9.39. The molecule has 1 heterocycles. The first-order chi connectivity index (χ1) is 7.18. The third-order valence-electron chi connectivity index (χ3n) is 2.15. The lowest BCUT2D eigenvalue weighted by Crippen LogP contribution is -1.93. The molecule has 0 radical (unpaired) electrons. The summed E-state index contributed by atoms with van der Waals surface area (Å²) < 4.78 is 1.65. The Bertz CT molecular complexity index is 505. The molecule has 1 aromatic carbocycles. The van der Waals surface area contributed by atoms with E-state index in [9.17, 15) is 10.1 Å². The molecule has 0 fully saturated rings. The van der Waals surface area contributed by atoms with Gasteiger partial charge < -0.3 is 10.1 Å². The van der Waals surface area contributed by atoms with Crippen molar-refractivity contribution >= 4 is 5.82 Å². The molecule has 0 saturated carbocycles. The summed E-state index contributed by atoms with van der Waals surface area (Å²) in [6.07, 6.45) is 2.85. The van der Waals surface area contributed by atoms with E-state index in [1.54, 1.807) is 4.57 Å².